The maximum atomic E-state index is 14.3. The second-order valence-corrected chi connectivity index (χ2v) is 15.0. The Morgan fingerprint density at radius 3 is 1.61 bits per heavy atom. The van der Waals surface area contributed by atoms with Gasteiger partial charge in [-0.2, -0.15) is 17.6 Å². The number of nitrogens with zero attached hydrogens (tertiary/aromatic N) is 3. The van der Waals surface area contributed by atoms with Gasteiger partial charge in [-0.05, 0) is 46.0 Å². The zero-order valence-corrected chi connectivity index (χ0v) is 34.4. The van der Waals surface area contributed by atoms with E-state index < -0.39 is 113 Å². The molecule has 0 atom stereocenters. The summed E-state index contributed by atoms with van der Waals surface area (Å²) in [5.74, 6) is -31.0. The zero-order valence-electron chi connectivity index (χ0n) is 34.4. The van der Waals surface area contributed by atoms with E-state index in [1.807, 2.05) is 48.5 Å². The van der Waals surface area contributed by atoms with Crippen molar-refractivity contribution in [2.45, 2.75) is 44.7 Å². The zero-order chi connectivity index (χ0) is 47.7. The van der Waals surface area contributed by atoms with Gasteiger partial charge < -0.3 is 18.8 Å². The fourth-order valence-corrected chi connectivity index (χ4v) is 7.49. The smallest absolute Gasteiger partial charge is 0.424 e. The Kier molecular flexibility index (Phi) is 13.5. The van der Waals surface area contributed by atoms with E-state index in [0.717, 1.165) is 22.3 Å². The molecule has 1 aromatic heterocycles. The van der Waals surface area contributed by atoms with Gasteiger partial charge in [-0.3, -0.25) is 14.4 Å². The maximum Gasteiger partial charge on any atom is 0.424 e. The van der Waals surface area contributed by atoms with Crippen LogP contribution in [0, 0.1) is 58.2 Å². The first-order valence-corrected chi connectivity index (χ1v) is 19.7. The van der Waals surface area contributed by atoms with E-state index in [4.69, 9.17) is 4.74 Å². The van der Waals surface area contributed by atoms with Gasteiger partial charge in [0, 0.05) is 56.0 Å². The molecule has 0 spiro atoms. The minimum atomic E-state index is -2.46. The second-order valence-electron chi connectivity index (χ2n) is 15.0. The standard InChI is InChI=1S/C46H33F10N3O7/c1-57(58(2)46(63)64-21-30-28-9-5-3-7-26(28)27-8-4-6-10-29(27)30)20-24-19-23-17-22(18-25(60)12-14-32(61)65-44-40(53)36(49)34(47)37(50)41(44)54)11-13-31(23)59(24)16-15-33(62)66-45-42(55)38(51)35(48)39(52)43(45)56/h3-11,13,17,19,30H,12,14-16,18,20-21H2,1-2H3. The van der Waals surface area contributed by atoms with Gasteiger partial charge in [-0.25, -0.2) is 41.2 Å². The molecule has 344 valence electrons. The van der Waals surface area contributed by atoms with E-state index in [0.29, 0.717) is 22.2 Å². The lowest BCUT2D eigenvalue weighted by molar-refractivity contribution is -0.136. The molecule has 0 saturated carbocycles. The summed E-state index contributed by atoms with van der Waals surface area (Å²) in [5.41, 5.74) is 5.17. The molecule has 10 nitrogen and oxygen atoms in total. The number of ether oxygens (including phenoxy) is 3. The number of ketones is 1. The van der Waals surface area contributed by atoms with Gasteiger partial charge in [-0.1, -0.05) is 54.6 Å². The average Bonchev–Trinajstić information content (AvgIpc) is 3.82. The van der Waals surface area contributed by atoms with Crippen LogP contribution in [0.2, 0.25) is 0 Å². The molecule has 0 bridgehead atoms. The highest BCUT2D eigenvalue weighted by atomic mass is 19.2. The predicted octanol–water partition coefficient (Wildman–Crippen LogP) is 9.75. The Labute approximate surface area is 367 Å². The number of fused-ring (bicyclic) bond motifs is 4. The van der Waals surface area contributed by atoms with Crippen LogP contribution in [-0.2, 0) is 38.6 Å². The highest BCUT2D eigenvalue weighted by Gasteiger charge is 2.32. The highest BCUT2D eigenvalue weighted by Crippen LogP contribution is 2.44. The third-order valence-electron chi connectivity index (χ3n) is 10.9. The Morgan fingerprint density at radius 2 is 1.08 bits per heavy atom. The summed E-state index contributed by atoms with van der Waals surface area (Å²) in [5, 5.41) is 3.09. The van der Waals surface area contributed by atoms with Crippen LogP contribution in [0.5, 0.6) is 11.5 Å². The molecule has 6 aromatic rings. The van der Waals surface area contributed by atoms with E-state index in [1.54, 1.807) is 19.2 Å². The maximum absolute atomic E-state index is 14.3. The normalized spacial score (nSPS) is 12.1. The number of hydrogen-bond donors (Lipinski definition) is 0. The molecule has 0 fully saturated rings. The fraction of sp³-hybridized carbons (Fsp3) is 0.217. The monoisotopic (exact) mass is 929 g/mol. The summed E-state index contributed by atoms with van der Waals surface area (Å²) in [6, 6.07) is 21.6. The fourth-order valence-electron chi connectivity index (χ4n) is 7.49. The summed E-state index contributed by atoms with van der Waals surface area (Å²) in [4.78, 5) is 51.4. The lowest BCUT2D eigenvalue weighted by atomic mass is 9.98. The van der Waals surface area contributed by atoms with Crippen LogP contribution in [0.1, 0.15) is 47.6 Å². The Hall–Kier alpha value is -7.22. The number of hydrazine groups is 1. The van der Waals surface area contributed by atoms with Gasteiger partial charge in [-0.15, -0.1) is 0 Å². The van der Waals surface area contributed by atoms with E-state index in [9.17, 15) is 63.1 Å². The van der Waals surface area contributed by atoms with Gasteiger partial charge in [0.05, 0.1) is 19.4 Å². The van der Waals surface area contributed by atoms with Crippen molar-refractivity contribution in [3.8, 4) is 22.6 Å². The van der Waals surface area contributed by atoms with Gasteiger partial charge in [0.1, 0.15) is 12.4 Å². The average molecular weight is 930 g/mol. The first-order chi connectivity index (χ1) is 31.4. The summed E-state index contributed by atoms with van der Waals surface area (Å²) in [7, 11) is 2.98. The quantitative estimate of drug-likeness (QED) is 0.0250. The highest BCUT2D eigenvalue weighted by molar-refractivity contribution is 5.88. The number of esters is 2. The van der Waals surface area contributed by atoms with Crippen molar-refractivity contribution in [3.05, 3.63) is 153 Å². The molecule has 0 radical (unpaired) electrons. The lowest BCUT2D eigenvalue weighted by Crippen LogP contribution is -2.41. The largest absolute Gasteiger partial charge is 0.447 e. The number of halogens is 10. The summed E-state index contributed by atoms with van der Waals surface area (Å²) < 4.78 is 155. The Morgan fingerprint density at radius 1 is 0.591 bits per heavy atom. The first-order valence-electron chi connectivity index (χ1n) is 19.7. The summed E-state index contributed by atoms with van der Waals surface area (Å²) >= 11 is 0. The number of aromatic nitrogens is 1. The third-order valence-corrected chi connectivity index (χ3v) is 10.9. The number of benzene rings is 5. The van der Waals surface area contributed by atoms with E-state index >= 15 is 0 Å². The van der Waals surface area contributed by atoms with Crippen molar-refractivity contribution in [2.24, 2.45) is 0 Å². The molecule has 20 heteroatoms. The molecule has 0 saturated heterocycles. The summed E-state index contributed by atoms with van der Waals surface area (Å²) in [6.07, 6.45) is -3.11. The van der Waals surface area contributed by atoms with Crippen molar-refractivity contribution in [1.82, 2.24) is 14.6 Å². The number of carbonyl (C=O) groups is 4. The molecule has 7 rings (SSSR count). The summed E-state index contributed by atoms with van der Waals surface area (Å²) in [6.45, 7) is -0.370. The van der Waals surface area contributed by atoms with Gasteiger partial charge in [0.15, 0.2) is 0 Å². The molecule has 1 amide bonds. The molecule has 0 N–H and O–H groups in total. The van der Waals surface area contributed by atoms with Gasteiger partial charge >= 0.3 is 18.0 Å². The van der Waals surface area contributed by atoms with Gasteiger partial charge in [0.25, 0.3) is 0 Å². The van der Waals surface area contributed by atoms with Crippen LogP contribution in [0.4, 0.5) is 48.7 Å². The molecular weight excluding hydrogens is 896 g/mol. The Balaban J connectivity index is 1.06. The number of amides is 1. The first kappa shape index (κ1) is 46.8. The van der Waals surface area contributed by atoms with Crippen LogP contribution >= 0.6 is 0 Å². The van der Waals surface area contributed by atoms with Crippen LogP contribution in [0.15, 0.2) is 72.8 Å². The van der Waals surface area contributed by atoms with Crippen molar-refractivity contribution in [3.63, 3.8) is 0 Å². The second kappa shape index (κ2) is 19.1. The minimum absolute atomic E-state index is 0.00442. The predicted molar refractivity (Wildman–Crippen MR) is 213 cm³/mol. The van der Waals surface area contributed by atoms with Crippen LogP contribution < -0.4 is 9.47 Å². The van der Waals surface area contributed by atoms with Crippen LogP contribution in [0.25, 0.3) is 22.0 Å². The van der Waals surface area contributed by atoms with Crippen molar-refractivity contribution >= 4 is 34.7 Å². The van der Waals surface area contributed by atoms with Crippen LogP contribution in [0.3, 0.4) is 0 Å². The van der Waals surface area contributed by atoms with Gasteiger partial charge in [0.2, 0.25) is 69.7 Å². The number of aryl methyl sites for hydroxylation is 1. The number of hydrogen-bond acceptors (Lipinski definition) is 8. The molecule has 1 heterocycles. The SMILES string of the molecule is CN(Cc1cc2cc(CC(=O)CCC(=O)Oc3c(F)c(F)c(F)c(F)c3F)ccc2n1CCC(=O)Oc1c(F)c(F)c(F)c(F)c1F)N(C)C(=O)OCC1c2ccccc2-c2ccccc21. The Bertz CT molecular complexity index is 2840. The van der Waals surface area contributed by atoms with E-state index in [-0.39, 0.29) is 32.0 Å². The molecule has 0 unspecified atom stereocenters. The van der Waals surface area contributed by atoms with Crippen molar-refractivity contribution in [2.75, 3.05) is 20.7 Å². The van der Waals surface area contributed by atoms with Crippen LogP contribution in [-0.4, -0.2) is 59.1 Å². The molecule has 5 aromatic carbocycles. The molecular formula is C46H33F10N3O7. The minimum Gasteiger partial charge on any atom is -0.447 e. The number of Topliss-reactive ketones (excluding diaryl/α,β-unsaturated/α-hetero) is 1. The molecule has 66 heavy (non-hydrogen) atoms. The van der Waals surface area contributed by atoms with E-state index in [2.05, 4.69) is 9.47 Å². The molecule has 0 aliphatic heterocycles. The lowest BCUT2D eigenvalue weighted by Gasteiger charge is -2.28. The van der Waals surface area contributed by atoms with E-state index in [1.165, 1.54) is 33.8 Å². The molecule has 1 aliphatic rings. The topological polar surface area (TPSA) is 107 Å². The third kappa shape index (κ3) is 9.17. The number of rotatable bonds is 15. The van der Waals surface area contributed by atoms with Crippen molar-refractivity contribution < 1.29 is 77.3 Å². The number of carbonyl (C=O) groups excluding carboxylic acids is 4. The molecule has 1 aliphatic carbocycles. The van der Waals surface area contributed by atoms with Crippen molar-refractivity contribution in [1.29, 1.82) is 0 Å².